The second kappa shape index (κ2) is 6.05. The van der Waals surface area contributed by atoms with Gasteiger partial charge >= 0.3 is 5.97 Å². The first-order chi connectivity index (χ1) is 8.17. The van der Waals surface area contributed by atoms with Gasteiger partial charge in [-0.3, -0.25) is 4.79 Å². The molecule has 0 saturated heterocycles. The van der Waals surface area contributed by atoms with Gasteiger partial charge in [0, 0.05) is 0 Å². The van der Waals surface area contributed by atoms with Crippen LogP contribution >= 0.6 is 0 Å². The zero-order valence-electron chi connectivity index (χ0n) is 10.5. The highest BCUT2D eigenvalue weighted by Gasteiger charge is 2.14. The third kappa shape index (κ3) is 2.85. The molecule has 0 amide bonds. The number of esters is 1. The molecule has 0 atom stereocenters. The fourth-order valence-electron chi connectivity index (χ4n) is 2.02. The first-order valence-corrected chi connectivity index (χ1v) is 5.78. The van der Waals surface area contributed by atoms with Crippen molar-refractivity contribution in [2.24, 2.45) is 0 Å². The van der Waals surface area contributed by atoms with Crippen LogP contribution in [0, 0.1) is 11.3 Å². The molecule has 1 aromatic rings. The Hall–Kier alpha value is -1.82. The number of nitriles is 1. The van der Waals surface area contributed by atoms with E-state index >= 15 is 0 Å². The first-order valence-electron chi connectivity index (χ1n) is 5.78. The van der Waals surface area contributed by atoms with Crippen molar-refractivity contribution in [1.82, 2.24) is 0 Å². The maximum absolute atomic E-state index is 11.4. The molecule has 0 bridgehead atoms. The molecule has 0 unspecified atom stereocenters. The fourth-order valence-corrected chi connectivity index (χ4v) is 2.02. The third-order valence-electron chi connectivity index (χ3n) is 2.93. The highest BCUT2D eigenvalue weighted by molar-refractivity contribution is 5.74. The third-order valence-corrected chi connectivity index (χ3v) is 2.93. The number of ether oxygens (including phenoxy) is 1. The molecule has 3 nitrogen and oxygen atoms in total. The molecular weight excluding hydrogens is 214 g/mol. The van der Waals surface area contributed by atoms with Gasteiger partial charge in [0.25, 0.3) is 0 Å². The summed E-state index contributed by atoms with van der Waals surface area (Å²) in [5.74, 6) is -0.260. The fraction of sp³-hybridized carbons (Fsp3) is 0.429. The van der Waals surface area contributed by atoms with Gasteiger partial charge in [0.2, 0.25) is 0 Å². The highest BCUT2D eigenvalue weighted by Crippen LogP contribution is 2.21. The minimum Gasteiger partial charge on any atom is -0.469 e. The highest BCUT2D eigenvalue weighted by atomic mass is 16.5. The molecule has 0 aliphatic heterocycles. The molecule has 17 heavy (non-hydrogen) atoms. The summed E-state index contributed by atoms with van der Waals surface area (Å²) in [7, 11) is 1.38. The number of methoxy groups -OCH3 is 1. The molecule has 90 valence electrons. The summed E-state index contributed by atoms with van der Waals surface area (Å²) in [4.78, 5) is 11.4. The van der Waals surface area contributed by atoms with Crippen LogP contribution in [-0.4, -0.2) is 13.1 Å². The maximum Gasteiger partial charge on any atom is 0.309 e. The van der Waals surface area contributed by atoms with Crippen LogP contribution in [0.5, 0.6) is 0 Å². The number of carbonyl (C=O) groups is 1. The van der Waals surface area contributed by atoms with Gasteiger partial charge in [-0.05, 0) is 35.6 Å². The van der Waals surface area contributed by atoms with Crippen molar-refractivity contribution in [3.63, 3.8) is 0 Å². The van der Waals surface area contributed by atoms with Crippen molar-refractivity contribution in [3.05, 3.63) is 34.4 Å². The van der Waals surface area contributed by atoms with Crippen LogP contribution < -0.4 is 0 Å². The number of rotatable bonds is 4. The SMILES string of the molecule is CCc1ccc(C#N)c(CC)c1CC(=O)OC. The topological polar surface area (TPSA) is 50.1 Å². The van der Waals surface area contributed by atoms with Crippen LogP contribution in [-0.2, 0) is 28.8 Å². The summed E-state index contributed by atoms with van der Waals surface area (Å²) in [5.41, 5.74) is 3.70. The molecule has 0 saturated carbocycles. The monoisotopic (exact) mass is 231 g/mol. The standard InChI is InChI=1S/C14H17NO2/c1-4-10-6-7-11(9-15)12(5-2)13(10)8-14(16)17-3/h6-7H,4-5,8H2,1-3H3. The van der Waals surface area contributed by atoms with E-state index < -0.39 is 0 Å². The summed E-state index contributed by atoms with van der Waals surface area (Å²) < 4.78 is 4.70. The molecule has 0 fully saturated rings. The van der Waals surface area contributed by atoms with E-state index in [0.29, 0.717) is 5.56 Å². The Bertz CT molecular complexity index is 458. The van der Waals surface area contributed by atoms with Crippen molar-refractivity contribution in [2.45, 2.75) is 33.1 Å². The van der Waals surface area contributed by atoms with Crippen LogP contribution in [0.25, 0.3) is 0 Å². The number of hydrogen-bond donors (Lipinski definition) is 0. The average Bonchev–Trinajstić information content (AvgIpc) is 2.37. The molecule has 0 radical (unpaired) electrons. The van der Waals surface area contributed by atoms with Gasteiger partial charge in [-0.2, -0.15) is 5.26 Å². The minimum atomic E-state index is -0.260. The number of benzene rings is 1. The van der Waals surface area contributed by atoms with Crippen molar-refractivity contribution in [3.8, 4) is 6.07 Å². The molecule has 3 heteroatoms. The lowest BCUT2D eigenvalue weighted by Gasteiger charge is -2.13. The van der Waals surface area contributed by atoms with E-state index in [1.807, 2.05) is 26.0 Å². The predicted octanol–water partition coefficient (Wildman–Crippen LogP) is 2.40. The maximum atomic E-state index is 11.4. The summed E-state index contributed by atoms with van der Waals surface area (Å²) in [6.07, 6.45) is 1.85. The number of hydrogen-bond acceptors (Lipinski definition) is 3. The van der Waals surface area contributed by atoms with Crippen molar-refractivity contribution < 1.29 is 9.53 Å². The minimum absolute atomic E-state index is 0.248. The van der Waals surface area contributed by atoms with Gasteiger partial charge in [0.15, 0.2) is 0 Å². The summed E-state index contributed by atoms with van der Waals surface area (Å²) >= 11 is 0. The van der Waals surface area contributed by atoms with Gasteiger partial charge in [0.1, 0.15) is 0 Å². The predicted molar refractivity (Wildman–Crippen MR) is 65.6 cm³/mol. The zero-order valence-corrected chi connectivity index (χ0v) is 10.5. The van der Waals surface area contributed by atoms with Gasteiger partial charge in [-0.1, -0.05) is 19.9 Å². The van der Waals surface area contributed by atoms with Crippen molar-refractivity contribution in [2.75, 3.05) is 7.11 Å². The van der Waals surface area contributed by atoms with E-state index in [2.05, 4.69) is 6.07 Å². The molecule has 0 aliphatic carbocycles. The Labute approximate surface area is 102 Å². The van der Waals surface area contributed by atoms with Crippen LogP contribution in [0.1, 0.15) is 36.1 Å². The van der Waals surface area contributed by atoms with E-state index in [4.69, 9.17) is 10.00 Å². The Morgan fingerprint density at radius 1 is 1.29 bits per heavy atom. The molecule has 1 rings (SSSR count). The molecule has 0 aromatic heterocycles. The number of aryl methyl sites for hydroxylation is 1. The molecule has 0 heterocycles. The second-order valence-corrected chi connectivity index (χ2v) is 3.80. The lowest BCUT2D eigenvalue weighted by molar-refractivity contribution is -0.139. The Morgan fingerprint density at radius 2 is 2.00 bits per heavy atom. The first kappa shape index (κ1) is 13.2. The average molecular weight is 231 g/mol. The van der Waals surface area contributed by atoms with E-state index in [1.165, 1.54) is 7.11 Å². The van der Waals surface area contributed by atoms with Crippen LogP contribution in [0.2, 0.25) is 0 Å². The lowest BCUT2D eigenvalue weighted by atomic mass is 9.91. The van der Waals surface area contributed by atoms with Crippen molar-refractivity contribution >= 4 is 5.97 Å². The van der Waals surface area contributed by atoms with E-state index in [9.17, 15) is 4.79 Å². The Kier molecular flexibility index (Phi) is 4.71. The van der Waals surface area contributed by atoms with Crippen LogP contribution in [0.15, 0.2) is 12.1 Å². The van der Waals surface area contributed by atoms with Gasteiger partial charge < -0.3 is 4.74 Å². The second-order valence-electron chi connectivity index (χ2n) is 3.80. The quantitative estimate of drug-likeness (QED) is 0.748. The summed E-state index contributed by atoms with van der Waals surface area (Å²) in [6.45, 7) is 4.04. The van der Waals surface area contributed by atoms with Gasteiger partial charge in [-0.25, -0.2) is 0 Å². The van der Waals surface area contributed by atoms with E-state index in [1.54, 1.807) is 0 Å². The number of carbonyl (C=O) groups excluding carboxylic acids is 1. The molecule has 0 spiro atoms. The largest absolute Gasteiger partial charge is 0.469 e. The zero-order chi connectivity index (χ0) is 12.8. The molecular formula is C14H17NO2. The Morgan fingerprint density at radius 3 is 2.47 bits per heavy atom. The summed E-state index contributed by atoms with van der Waals surface area (Å²) in [5, 5.41) is 9.06. The van der Waals surface area contributed by atoms with Gasteiger partial charge in [0.05, 0.1) is 25.2 Å². The van der Waals surface area contributed by atoms with Crippen molar-refractivity contribution in [1.29, 1.82) is 5.26 Å². The van der Waals surface area contributed by atoms with Crippen LogP contribution in [0.4, 0.5) is 0 Å². The van der Waals surface area contributed by atoms with Crippen LogP contribution in [0.3, 0.4) is 0 Å². The van der Waals surface area contributed by atoms with E-state index in [0.717, 1.165) is 29.5 Å². The normalized spacial score (nSPS) is 9.76. The summed E-state index contributed by atoms with van der Waals surface area (Å²) in [6, 6.07) is 5.94. The molecule has 1 aromatic carbocycles. The lowest BCUT2D eigenvalue weighted by Crippen LogP contribution is -2.10. The smallest absolute Gasteiger partial charge is 0.309 e. The van der Waals surface area contributed by atoms with E-state index in [-0.39, 0.29) is 12.4 Å². The molecule has 0 N–H and O–H groups in total. The Balaban J connectivity index is 3.30. The van der Waals surface area contributed by atoms with Gasteiger partial charge in [-0.15, -0.1) is 0 Å². The number of nitrogens with zero attached hydrogens (tertiary/aromatic N) is 1. The molecule has 0 aliphatic rings.